The first-order valence-corrected chi connectivity index (χ1v) is 5.64. The van der Waals surface area contributed by atoms with Crippen LogP contribution in [0.5, 0.6) is 0 Å². The largest absolute Gasteiger partial charge is 0.390 e. The van der Waals surface area contributed by atoms with E-state index in [0.717, 1.165) is 11.1 Å². The second-order valence-electron chi connectivity index (χ2n) is 4.52. The van der Waals surface area contributed by atoms with Gasteiger partial charge in [0, 0.05) is 12.6 Å². The van der Waals surface area contributed by atoms with Crippen LogP contribution in [0.25, 0.3) is 0 Å². The maximum atomic E-state index is 12.1. The Labute approximate surface area is 100 Å². The molecule has 1 N–H and O–H groups in total. The number of benzene rings is 1. The van der Waals surface area contributed by atoms with E-state index in [2.05, 4.69) is 5.32 Å². The molecule has 0 aliphatic carbocycles. The molecule has 0 bridgehead atoms. The van der Waals surface area contributed by atoms with Crippen molar-refractivity contribution in [2.45, 2.75) is 46.0 Å². The Kier molecular flexibility index (Phi) is 4.57. The molecule has 4 heteroatoms. The Morgan fingerprint density at radius 2 is 1.82 bits per heavy atom. The van der Waals surface area contributed by atoms with Gasteiger partial charge in [0.15, 0.2) is 0 Å². The van der Waals surface area contributed by atoms with Crippen molar-refractivity contribution in [3.05, 3.63) is 34.9 Å². The van der Waals surface area contributed by atoms with Crippen molar-refractivity contribution in [3.8, 4) is 0 Å². The first-order chi connectivity index (χ1) is 7.78. The third-order valence-corrected chi connectivity index (χ3v) is 2.76. The highest BCUT2D eigenvalue weighted by molar-refractivity contribution is 5.29. The molecule has 0 aliphatic rings. The molecule has 0 aromatic heterocycles. The standard InChI is InChI=1S/C13H18F3N/c1-9-4-5-12(6-10(9)2)8-17-11(3)7-13(14,15)16/h4-6,11,17H,7-8H2,1-3H3. The molecular weight excluding hydrogens is 227 g/mol. The van der Waals surface area contributed by atoms with Crippen LogP contribution in [0.4, 0.5) is 13.2 Å². The highest BCUT2D eigenvalue weighted by Crippen LogP contribution is 2.21. The number of hydrogen-bond acceptors (Lipinski definition) is 1. The van der Waals surface area contributed by atoms with Crippen LogP contribution >= 0.6 is 0 Å². The molecule has 1 aromatic carbocycles. The maximum Gasteiger partial charge on any atom is 0.390 e. The van der Waals surface area contributed by atoms with Gasteiger partial charge in [-0.1, -0.05) is 18.2 Å². The van der Waals surface area contributed by atoms with Crippen molar-refractivity contribution in [2.75, 3.05) is 0 Å². The number of aryl methyl sites for hydroxylation is 2. The average molecular weight is 245 g/mol. The fourth-order valence-corrected chi connectivity index (χ4v) is 1.62. The van der Waals surface area contributed by atoms with Gasteiger partial charge in [-0.05, 0) is 37.5 Å². The quantitative estimate of drug-likeness (QED) is 0.852. The van der Waals surface area contributed by atoms with Crippen molar-refractivity contribution < 1.29 is 13.2 Å². The summed E-state index contributed by atoms with van der Waals surface area (Å²) in [5.74, 6) is 0. The lowest BCUT2D eigenvalue weighted by atomic mass is 10.1. The topological polar surface area (TPSA) is 12.0 Å². The number of rotatable bonds is 4. The molecule has 0 saturated heterocycles. The lowest BCUT2D eigenvalue weighted by Crippen LogP contribution is -2.30. The molecule has 1 unspecified atom stereocenters. The minimum Gasteiger partial charge on any atom is -0.310 e. The Balaban J connectivity index is 2.47. The molecule has 1 nitrogen and oxygen atoms in total. The third-order valence-electron chi connectivity index (χ3n) is 2.76. The summed E-state index contributed by atoms with van der Waals surface area (Å²) in [7, 11) is 0. The molecule has 0 aliphatic heterocycles. The average Bonchev–Trinajstić information content (AvgIpc) is 2.17. The highest BCUT2D eigenvalue weighted by atomic mass is 19.4. The van der Waals surface area contributed by atoms with Crippen LogP contribution in [0.15, 0.2) is 18.2 Å². The van der Waals surface area contributed by atoms with Gasteiger partial charge in [-0.2, -0.15) is 13.2 Å². The van der Waals surface area contributed by atoms with Crippen molar-refractivity contribution in [1.29, 1.82) is 0 Å². The summed E-state index contributed by atoms with van der Waals surface area (Å²) in [6.07, 6.45) is -4.90. The number of nitrogens with one attached hydrogen (secondary N) is 1. The summed E-state index contributed by atoms with van der Waals surface area (Å²) in [6.45, 7) is 6.03. The fourth-order valence-electron chi connectivity index (χ4n) is 1.62. The van der Waals surface area contributed by atoms with Crippen LogP contribution < -0.4 is 5.32 Å². The van der Waals surface area contributed by atoms with E-state index >= 15 is 0 Å². The minimum absolute atomic E-state index is 0.471. The Bertz CT molecular complexity index is 371. The molecule has 0 saturated carbocycles. The van der Waals surface area contributed by atoms with Crippen molar-refractivity contribution >= 4 is 0 Å². The Hall–Kier alpha value is -1.03. The number of alkyl halides is 3. The lowest BCUT2D eigenvalue weighted by Gasteiger charge is -2.16. The zero-order valence-corrected chi connectivity index (χ0v) is 10.4. The van der Waals surface area contributed by atoms with Crippen LogP contribution in [-0.4, -0.2) is 12.2 Å². The Morgan fingerprint density at radius 3 is 2.35 bits per heavy atom. The van der Waals surface area contributed by atoms with E-state index in [1.807, 2.05) is 32.0 Å². The zero-order valence-electron chi connectivity index (χ0n) is 10.4. The van der Waals surface area contributed by atoms with Crippen LogP contribution in [0.3, 0.4) is 0 Å². The summed E-state index contributed by atoms with van der Waals surface area (Å²) in [4.78, 5) is 0. The van der Waals surface area contributed by atoms with Gasteiger partial charge in [-0.3, -0.25) is 0 Å². The minimum atomic E-state index is -4.10. The van der Waals surface area contributed by atoms with Gasteiger partial charge in [-0.15, -0.1) is 0 Å². The second kappa shape index (κ2) is 5.54. The van der Waals surface area contributed by atoms with Crippen molar-refractivity contribution in [3.63, 3.8) is 0 Å². The Morgan fingerprint density at radius 1 is 1.18 bits per heavy atom. The van der Waals surface area contributed by atoms with Gasteiger partial charge >= 0.3 is 6.18 Å². The van der Waals surface area contributed by atoms with Gasteiger partial charge in [0.25, 0.3) is 0 Å². The predicted molar refractivity (Wildman–Crippen MR) is 62.9 cm³/mol. The molecule has 0 heterocycles. The number of hydrogen-bond donors (Lipinski definition) is 1. The molecule has 0 fully saturated rings. The molecule has 17 heavy (non-hydrogen) atoms. The molecule has 0 spiro atoms. The molecule has 1 rings (SSSR count). The monoisotopic (exact) mass is 245 g/mol. The molecule has 0 radical (unpaired) electrons. The van der Waals surface area contributed by atoms with Crippen molar-refractivity contribution in [2.24, 2.45) is 0 Å². The maximum absolute atomic E-state index is 12.1. The van der Waals surface area contributed by atoms with Crippen LogP contribution in [0.1, 0.15) is 30.0 Å². The third kappa shape index (κ3) is 5.22. The van der Waals surface area contributed by atoms with E-state index in [4.69, 9.17) is 0 Å². The van der Waals surface area contributed by atoms with Crippen LogP contribution in [0.2, 0.25) is 0 Å². The van der Waals surface area contributed by atoms with Gasteiger partial charge in [0.1, 0.15) is 0 Å². The molecule has 0 amide bonds. The van der Waals surface area contributed by atoms with E-state index in [1.165, 1.54) is 5.56 Å². The van der Waals surface area contributed by atoms with Gasteiger partial charge < -0.3 is 5.32 Å². The normalized spacial score (nSPS) is 13.8. The van der Waals surface area contributed by atoms with E-state index < -0.39 is 18.6 Å². The summed E-state index contributed by atoms with van der Waals surface area (Å²) >= 11 is 0. The summed E-state index contributed by atoms with van der Waals surface area (Å²) in [6, 6.07) is 5.37. The smallest absolute Gasteiger partial charge is 0.310 e. The van der Waals surface area contributed by atoms with Gasteiger partial charge in [0.05, 0.1) is 6.42 Å². The van der Waals surface area contributed by atoms with Crippen LogP contribution in [-0.2, 0) is 6.54 Å². The summed E-state index contributed by atoms with van der Waals surface area (Å²) in [5.41, 5.74) is 3.37. The summed E-state index contributed by atoms with van der Waals surface area (Å²) < 4.78 is 36.3. The van der Waals surface area contributed by atoms with E-state index in [9.17, 15) is 13.2 Å². The van der Waals surface area contributed by atoms with E-state index in [1.54, 1.807) is 6.92 Å². The van der Waals surface area contributed by atoms with Gasteiger partial charge in [-0.25, -0.2) is 0 Å². The van der Waals surface area contributed by atoms with Crippen LogP contribution in [0, 0.1) is 13.8 Å². The van der Waals surface area contributed by atoms with Crippen molar-refractivity contribution in [1.82, 2.24) is 5.32 Å². The molecule has 1 atom stereocenters. The number of halogens is 3. The lowest BCUT2D eigenvalue weighted by molar-refractivity contribution is -0.139. The van der Waals surface area contributed by atoms with Gasteiger partial charge in [0.2, 0.25) is 0 Å². The molecule has 1 aromatic rings. The first kappa shape index (κ1) is 14.0. The SMILES string of the molecule is Cc1ccc(CNC(C)CC(F)(F)F)cc1C. The first-order valence-electron chi connectivity index (χ1n) is 5.64. The molecule has 96 valence electrons. The summed E-state index contributed by atoms with van der Waals surface area (Å²) in [5, 5.41) is 2.88. The second-order valence-corrected chi connectivity index (χ2v) is 4.52. The van der Waals surface area contributed by atoms with E-state index in [-0.39, 0.29) is 0 Å². The van der Waals surface area contributed by atoms with E-state index in [0.29, 0.717) is 6.54 Å². The predicted octanol–water partition coefficient (Wildman–Crippen LogP) is 3.73. The highest BCUT2D eigenvalue weighted by Gasteiger charge is 2.29. The fraction of sp³-hybridized carbons (Fsp3) is 0.538. The molecular formula is C13H18F3N. The zero-order chi connectivity index (χ0) is 13.1.